The van der Waals surface area contributed by atoms with Gasteiger partial charge in [0.2, 0.25) is 5.91 Å². The molecule has 0 bridgehead atoms. The number of nitrogens with zero attached hydrogens (tertiary/aromatic N) is 1. The quantitative estimate of drug-likeness (QED) is 0.548. The monoisotopic (exact) mass is 303 g/mol. The van der Waals surface area contributed by atoms with Crippen molar-refractivity contribution in [3.8, 4) is 0 Å². The Kier molecular flexibility index (Phi) is 7.05. The molecule has 0 radical (unpaired) electrons. The fourth-order valence-corrected chi connectivity index (χ4v) is 2.58. The van der Waals surface area contributed by atoms with E-state index in [0.717, 1.165) is 6.42 Å². The standard InChI is InChI=1S/C13H18ClNO3S/c1-15(8-3-9-18-2)13(17)7-4-10(16)11-5-6-12(14)19-11/h5-6H,3-4,7-9H2,1-2H3. The van der Waals surface area contributed by atoms with Crippen LogP contribution < -0.4 is 0 Å². The van der Waals surface area contributed by atoms with Crippen molar-refractivity contribution in [2.75, 3.05) is 27.3 Å². The van der Waals surface area contributed by atoms with Crippen molar-refractivity contribution in [2.45, 2.75) is 19.3 Å². The van der Waals surface area contributed by atoms with E-state index in [1.165, 1.54) is 11.3 Å². The lowest BCUT2D eigenvalue weighted by Crippen LogP contribution is -2.28. The predicted molar refractivity (Wildman–Crippen MR) is 77.0 cm³/mol. The fourth-order valence-electron chi connectivity index (χ4n) is 1.57. The van der Waals surface area contributed by atoms with Gasteiger partial charge in [0.15, 0.2) is 5.78 Å². The summed E-state index contributed by atoms with van der Waals surface area (Å²) in [5, 5.41) is 0. The number of carbonyl (C=O) groups is 2. The summed E-state index contributed by atoms with van der Waals surface area (Å²) in [6.45, 7) is 1.27. The van der Waals surface area contributed by atoms with Crippen LogP contribution in [-0.2, 0) is 9.53 Å². The van der Waals surface area contributed by atoms with E-state index >= 15 is 0 Å². The number of carbonyl (C=O) groups excluding carboxylic acids is 2. The number of hydrogen-bond donors (Lipinski definition) is 0. The summed E-state index contributed by atoms with van der Waals surface area (Å²) in [5.74, 6) is -0.0531. The van der Waals surface area contributed by atoms with E-state index in [4.69, 9.17) is 16.3 Å². The minimum Gasteiger partial charge on any atom is -0.385 e. The van der Waals surface area contributed by atoms with Gasteiger partial charge in [0.05, 0.1) is 9.21 Å². The highest BCUT2D eigenvalue weighted by atomic mass is 35.5. The van der Waals surface area contributed by atoms with Gasteiger partial charge in [-0.05, 0) is 18.6 Å². The number of rotatable bonds is 8. The summed E-state index contributed by atoms with van der Waals surface area (Å²) in [6.07, 6.45) is 1.26. The van der Waals surface area contributed by atoms with Crippen LogP contribution in [0.2, 0.25) is 4.34 Å². The van der Waals surface area contributed by atoms with Crippen molar-refractivity contribution in [2.24, 2.45) is 0 Å². The third-order valence-corrected chi connectivity index (χ3v) is 3.95. The second-order valence-corrected chi connectivity index (χ2v) is 5.90. The minimum absolute atomic E-state index is 0.0212. The molecule has 1 aromatic heterocycles. The molecule has 0 atom stereocenters. The lowest BCUT2D eigenvalue weighted by atomic mass is 10.2. The fraction of sp³-hybridized carbons (Fsp3) is 0.538. The predicted octanol–water partition coefficient (Wildman–Crippen LogP) is 2.86. The van der Waals surface area contributed by atoms with Gasteiger partial charge in [0, 0.05) is 40.2 Å². The van der Waals surface area contributed by atoms with Gasteiger partial charge in [-0.15, -0.1) is 11.3 Å². The average molecular weight is 304 g/mol. The number of Topliss-reactive ketones (excluding diaryl/α,β-unsaturated/α-hetero) is 1. The summed E-state index contributed by atoms with van der Waals surface area (Å²) >= 11 is 7.02. The molecule has 19 heavy (non-hydrogen) atoms. The first-order valence-corrected chi connectivity index (χ1v) is 7.25. The molecule has 6 heteroatoms. The second-order valence-electron chi connectivity index (χ2n) is 4.19. The van der Waals surface area contributed by atoms with Crippen molar-refractivity contribution >= 4 is 34.6 Å². The third-order valence-electron chi connectivity index (χ3n) is 2.68. The Morgan fingerprint density at radius 2 is 2.11 bits per heavy atom. The minimum atomic E-state index is -0.0319. The van der Waals surface area contributed by atoms with Crippen LogP contribution in [0.25, 0.3) is 0 Å². The van der Waals surface area contributed by atoms with Crippen LogP contribution in [0.1, 0.15) is 28.9 Å². The topological polar surface area (TPSA) is 46.6 Å². The third kappa shape index (κ3) is 5.72. The Balaban J connectivity index is 2.31. The molecular weight excluding hydrogens is 286 g/mol. The zero-order chi connectivity index (χ0) is 14.3. The van der Waals surface area contributed by atoms with E-state index in [9.17, 15) is 9.59 Å². The van der Waals surface area contributed by atoms with Crippen molar-refractivity contribution in [1.29, 1.82) is 0 Å². The van der Waals surface area contributed by atoms with E-state index in [0.29, 0.717) is 22.4 Å². The van der Waals surface area contributed by atoms with Crippen LogP contribution in [0.5, 0.6) is 0 Å². The van der Waals surface area contributed by atoms with Gasteiger partial charge in [-0.1, -0.05) is 11.6 Å². The van der Waals surface area contributed by atoms with Crippen LogP contribution >= 0.6 is 22.9 Å². The number of methoxy groups -OCH3 is 1. The van der Waals surface area contributed by atoms with Gasteiger partial charge >= 0.3 is 0 Å². The molecule has 106 valence electrons. The first-order valence-electron chi connectivity index (χ1n) is 6.06. The molecule has 1 heterocycles. The van der Waals surface area contributed by atoms with Crippen molar-refractivity contribution < 1.29 is 14.3 Å². The molecule has 0 saturated heterocycles. The summed E-state index contributed by atoms with van der Waals surface area (Å²) in [7, 11) is 3.37. The Morgan fingerprint density at radius 3 is 2.68 bits per heavy atom. The van der Waals surface area contributed by atoms with Crippen molar-refractivity contribution in [3.05, 3.63) is 21.3 Å². The number of amides is 1. The summed E-state index contributed by atoms with van der Waals surface area (Å²) < 4.78 is 5.52. The summed E-state index contributed by atoms with van der Waals surface area (Å²) in [6, 6.07) is 3.39. The highest BCUT2D eigenvalue weighted by Crippen LogP contribution is 2.22. The Labute approximate surface area is 122 Å². The highest BCUT2D eigenvalue weighted by Gasteiger charge is 2.13. The first-order chi connectivity index (χ1) is 9.04. The largest absolute Gasteiger partial charge is 0.385 e. The molecule has 1 amide bonds. The number of ether oxygens (including phenoxy) is 1. The van der Waals surface area contributed by atoms with E-state index in [-0.39, 0.29) is 24.5 Å². The highest BCUT2D eigenvalue weighted by molar-refractivity contribution is 7.18. The van der Waals surface area contributed by atoms with Crippen LogP contribution in [-0.4, -0.2) is 43.9 Å². The maximum Gasteiger partial charge on any atom is 0.222 e. The van der Waals surface area contributed by atoms with Gasteiger partial charge in [-0.25, -0.2) is 0 Å². The molecule has 0 aliphatic rings. The lowest BCUT2D eigenvalue weighted by molar-refractivity contribution is -0.130. The van der Waals surface area contributed by atoms with Crippen molar-refractivity contribution in [3.63, 3.8) is 0 Å². The Morgan fingerprint density at radius 1 is 1.37 bits per heavy atom. The molecule has 0 N–H and O–H groups in total. The molecule has 1 aromatic rings. The van der Waals surface area contributed by atoms with Gasteiger partial charge in [0.1, 0.15) is 0 Å². The van der Waals surface area contributed by atoms with E-state index in [2.05, 4.69) is 0 Å². The molecule has 0 unspecified atom stereocenters. The average Bonchev–Trinajstić information content (AvgIpc) is 2.82. The van der Waals surface area contributed by atoms with Crippen LogP contribution in [0.3, 0.4) is 0 Å². The molecule has 0 saturated carbocycles. The molecule has 0 aliphatic heterocycles. The smallest absolute Gasteiger partial charge is 0.222 e. The van der Waals surface area contributed by atoms with Gasteiger partial charge in [-0.3, -0.25) is 9.59 Å². The molecule has 0 aliphatic carbocycles. The summed E-state index contributed by atoms with van der Waals surface area (Å²) in [4.78, 5) is 25.8. The Hall–Kier alpha value is -0.910. The number of halogens is 1. The van der Waals surface area contributed by atoms with Crippen LogP contribution in [0, 0.1) is 0 Å². The molecule has 0 fully saturated rings. The number of ketones is 1. The second kappa shape index (κ2) is 8.30. The Bertz CT molecular complexity index is 433. The lowest BCUT2D eigenvalue weighted by Gasteiger charge is -2.16. The molecule has 1 rings (SSSR count). The zero-order valence-corrected chi connectivity index (χ0v) is 12.7. The van der Waals surface area contributed by atoms with Crippen LogP contribution in [0.15, 0.2) is 12.1 Å². The normalized spacial score (nSPS) is 10.5. The van der Waals surface area contributed by atoms with Gasteiger partial charge in [-0.2, -0.15) is 0 Å². The molecule has 0 spiro atoms. The SMILES string of the molecule is COCCCN(C)C(=O)CCC(=O)c1ccc(Cl)s1. The molecular formula is C13H18ClNO3S. The van der Waals surface area contributed by atoms with Gasteiger partial charge in [0.25, 0.3) is 0 Å². The first kappa shape index (κ1) is 16.1. The van der Waals surface area contributed by atoms with Crippen molar-refractivity contribution in [1.82, 2.24) is 4.90 Å². The van der Waals surface area contributed by atoms with Gasteiger partial charge < -0.3 is 9.64 Å². The zero-order valence-electron chi connectivity index (χ0n) is 11.1. The van der Waals surface area contributed by atoms with E-state index in [1.807, 2.05) is 0 Å². The van der Waals surface area contributed by atoms with Crippen LogP contribution in [0.4, 0.5) is 0 Å². The maximum atomic E-state index is 11.8. The number of hydrogen-bond acceptors (Lipinski definition) is 4. The number of thiophene rings is 1. The van der Waals surface area contributed by atoms with E-state index in [1.54, 1.807) is 31.2 Å². The maximum absolute atomic E-state index is 11.8. The summed E-state index contributed by atoms with van der Waals surface area (Å²) in [5.41, 5.74) is 0. The molecule has 4 nitrogen and oxygen atoms in total. The van der Waals surface area contributed by atoms with E-state index < -0.39 is 0 Å². The molecule has 0 aromatic carbocycles.